The molecule has 1 aromatic carbocycles. The van der Waals surface area contributed by atoms with Gasteiger partial charge in [0, 0.05) is 18.7 Å². The molecule has 3 rings (SSSR count). The standard InChI is InChI=1S/C16H19FN2O2/c17-12-5-4-6-13(11-12)19-10-7-14(20)18-16(15(19)21)8-2-1-3-9-16/h4-6,11H,1-3,7-10H2,(H,18,20). The molecule has 1 aliphatic heterocycles. The highest BCUT2D eigenvalue weighted by atomic mass is 19.1. The van der Waals surface area contributed by atoms with Crippen LogP contribution in [0.1, 0.15) is 38.5 Å². The van der Waals surface area contributed by atoms with Crippen molar-refractivity contribution in [3.63, 3.8) is 0 Å². The second kappa shape index (κ2) is 5.47. The van der Waals surface area contributed by atoms with Crippen LogP contribution < -0.4 is 10.2 Å². The Hall–Kier alpha value is -1.91. The summed E-state index contributed by atoms with van der Waals surface area (Å²) >= 11 is 0. The molecule has 0 atom stereocenters. The van der Waals surface area contributed by atoms with E-state index in [0.717, 1.165) is 19.3 Å². The van der Waals surface area contributed by atoms with E-state index in [0.29, 0.717) is 25.1 Å². The largest absolute Gasteiger partial charge is 0.342 e. The smallest absolute Gasteiger partial charge is 0.252 e. The number of hydrogen-bond acceptors (Lipinski definition) is 2. The van der Waals surface area contributed by atoms with Crippen LogP contribution in [0.4, 0.5) is 10.1 Å². The topological polar surface area (TPSA) is 49.4 Å². The highest BCUT2D eigenvalue weighted by Gasteiger charge is 2.45. The van der Waals surface area contributed by atoms with Gasteiger partial charge >= 0.3 is 0 Å². The highest BCUT2D eigenvalue weighted by molar-refractivity contribution is 6.04. The first-order valence-electron chi connectivity index (χ1n) is 7.49. The monoisotopic (exact) mass is 290 g/mol. The average molecular weight is 290 g/mol. The third-order valence-electron chi connectivity index (χ3n) is 4.42. The summed E-state index contributed by atoms with van der Waals surface area (Å²) in [6.45, 7) is 0.301. The number of anilines is 1. The first-order chi connectivity index (χ1) is 10.1. The Labute approximate surface area is 123 Å². The van der Waals surface area contributed by atoms with Crippen LogP contribution in [0.2, 0.25) is 0 Å². The lowest BCUT2D eigenvalue weighted by Crippen LogP contribution is -2.58. The van der Waals surface area contributed by atoms with Gasteiger partial charge in [-0.1, -0.05) is 25.3 Å². The maximum absolute atomic E-state index is 13.4. The van der Waals surface area contributed by atoms with Crippen LogP contribution in [0.5, 0.6) is 0 Å². The predicted molar refractivity (Wildman–Crippen MR) is 77.3 cm³/mol. The van der Waals surface area contributed by atoms with Gasteiger partial charge in [-0.3, -0.25) is 9.59 Å². The van der Waals surface area contributed by atoms with Crippen molar-refractivity contribution >= 4 is 17.5 Å². The first kappa shape index (κ1) is 14.0. The van der Waals surface area contributed by atoms with Gasteiger partial charge in [0.05, 0.1) is 0 Å². The van der Waals surface area contributed by atoms with Gasteiger partial charge < -0.3 is 10.2 Å². The minimum absolute atomic E-state index is 0.0934. The molecule has 0 unspecified atom stereocenters. The van der Waals surface area contributed by atoms with Crippen LogP contribution in [-0.2, 0) is 9.59 Å². The summed E-state index contributed by atoms with van der Waals surface area (Å²) in [5, 5.41) is 2.93. The fourth-order valence-electron chi connectivity index (χ4n) is 3.34. The van der Waals surface area contributed by atoms with Gasteiger partial charge in [0.1, 0.15) is 11.4 Å². The molecule has 0 bridgehead atoms. The van der Waals surface area contributed by atoms with Crippen molar-refractivity contribution in [2.24, 2.45) is 0 Å². The highest BCUT2D eigenvalue weighted by Crippen LogP contribution is 2.33. The number of nitrogens with one attached hydrogen (secondary N) is 1. The maximum atomic E-state index is 13.4. The number of hydrogen-bond donors (Lipinski definition) is 1. The normalized spacial score (nSPS) is 22.0. The van der Waals surface area contributed by atoms with Crippen LogP contribution >= 0.6 is 0 Å². The molecule has 2 fully saturated rings. The van der Waals surface area contributed by atoms with Crippen molar-refractivity contribution in [1.82, 2.24) is 5.32 Å². The van der Waals surface area contributed by atoms with Crippen molar-refractivity contribution in [3.05, 3.63) is 30.1 Å². The van der Waals surface area contributed by atoms with E-state index in [4.69, 9.17) is 0 Å². The fraction of sp³-hybridized carbons (Fsp3) is 0.500. The van der Waals surface area contributed by atoms with Crippen LogP contribution in [0, 0.1) is 5.82 Å². The van der Waals surface area contributed by atoms with Gasteiger partial charge in [-0.2, -0.15) is 0 Å². The number of rotatable bonds is 1. The van der Waals surface area contributed by atoms with Gasteiger partial charge in [-0.05, 0) is 31.0 Å². The molecule has 1 spiro atoms. The zero-order chi connectivity index (χ0) is 14.9. The van der Waals surface area contributed by atoms with Crippen LogP contribution in [0.15, 0.2) is 24.3 Å². The molecular formula is C16H19FN2O2. The number of carbonyl (C=O) groups excluding carboxylic acids is 2. The van der Waals surface area contributed by atoms with E-state index in [9.17, 15) is 14.0 Å². The summed E-state index contributed by atoms with van der Waals surface area (Å²) < 4.78 is 13.4. The van der Waals surface area contributed by atoms with Crippen molar-refractivity contribution in [2.45, 2.75) is 44.1 Å². The van der Waals surface area contributed by atoms with E-state index in [2.05, 4.69) is 5.32 Å². The molecule has 2 amide bonds. The molecule has 21 heavy (non-hydrogen) atoms. The van der Waals surface area contributed by atoms with E-state index in [-0.39, 0.29) is 24.1 Å². The number of halogens is 1. The maximum Gasteiger partial charge on any atom is 0.252 e. The Morgan fingerprint density at radius 2 is 1.90 bits per heavy atom. The molecule has 1 saturated heterocycles. The van der Waals surface area contributed by atoms with Crippen molar-refractivity contribution in [1.29, 1.82) is 0 Å². The predicted octanol–water partition coefficient (Wildman–Crippen LogP) is 2.38. The summed E-state index contributed by atoms with van der Waals surface area (Å²) in [5.41, 5.74) is -0.264. The van der Waals surface area contributed by atoms with Crippen molar-refractivity contribution in [2.75, 3.05) is 11.4 Å². The SMILES string of the molecule is O=C1CCN(c2cccc(F)c2)C(=O)C2(CCCCC2)N1. The molecule has 1 aromatic rings. The second-order valence-electron chi connectivity index (χ2n) is 5.88. The molecule has 1 heterocycles. The van der Waals surface area contributed by atoms with E-state index in [1.807, 2.05) is 0 Å². The molecule has 1 aliphatic carbocycles. The zero-order valence-electron chi connectivity index (χ0n) is 11.9. The van der Waals surface area contributed by atoms with E-state index in [1.165, 1.54) is 12.1 Å². The number of benzene rings is 1. The molecule has 112 valence electrons. The molecule has 0 aromatic heterocycles. The molecule has 1 N–H and O–H groups in total. The van der Waals surface area contributed by atoms with Gasteiger partial charge in [0.15, 0.2) is 0 Å². The summed E-state index contributed by atoms with van der Waals surface area (Å²) in [6.07, 6.45) is 4.55. The van der Waals surface area contributed by atoms with Gasteiger partial charge in [0.2, 0.25) is 5.91 Å². The van der Waals surface area contributed by atoms with Crippen molar-refractivity contribution in [3.8, 4) is 0 Å². The Bertz CT molecular complexity index is 567. The Balaban J connectivity index is 1.96. The lowest BCUT2D eigenvalue weighted by molar-refractivity contribution is -0.131. The summed E-state index contributed by atoms with van der Waals surface area (Å²) in [6, 6.07) is 6.01. The Morgan fingerprint density at radius 1 is 1.14 bits per heavy atom. The molecular weight excluding hydrogens is 271 g/mol. The lowest BCUT2D eigenvalue weighted by Gasteiger charge is -2.38. The van der Waals surface area contributed by atoms with Gasteiger partial charge in [-0.25, -0.2) is 4.39 Å². The van der Waals surface area contributed by atoms with Gasteiger partial charge in [0.25, 0.3) is 5.91 Å². The van der Waals surface area contributed by atoms with Crippen LogP contribution in [0.3, 0.4) is 0 Å². The Kier molecular flexibility index (Phi) is 3.66. The van der Waals surface area contributed by atoms with Crippen molar-refractivity contribution < 1.29 is 14.0 Å². The number of carbonyl (C=O) groups is 2. The second-order valence-corrected chi connectivity index (χ2v) is 5.88. The summed E-state index contributed by atoms with van der Waals surface area (Å²) in [4.78, 5) is 26.5. The molecule has 5 heteroatoms. The molecule has 2 aliphatic rings. The van der Waals surface area contributed by atoms with Crippen LogP contribution in [0.25, 0.3) is 0 Å². The first-order valence-corrected chi connectivity index (χ1v) is 7.49. The summed E-state index contributed by atoms with van der Waals surface area (Å²) in [5.74, 6) is -0.565. The third-order valence-corrected chi connectivity index (χ3v) is 4.42. The minimum atomic E-state index is -0.794. The molecule has 0 radical (unpaired) electrons. The van der Waals surface area contributed by atoms with E-state index >= 15 is 0 Å². The van der Waals surface area contributed by atoms with Crippen LogP contribution in [-0.4, -0.2) is 23.9 Å². The molecule has 4 nitrogen and oxygen atoms in total. The third kappa shape index (κ3) is 2.64. The van der Waals surface area contributed by atoms with E-state index in [1.54, 1.807) is 17.0 Å². The van der Waals surface area contributed by atoms with E-state index < -0.39 is 5.54 Å². The Morgan fingerprint density at radius 3 is 2.62 bits per heavy atom. The summed E-state index contributed by atoms with van der Waals surface area (Å²) in [7, 11) is 0. The fourth-order valence-corrected chi connectivity index (χ4v) is 3.34. The molecule has 1 saturated carbocycles. The minimum Gasteiger partial charge on any atom is -0.342 e. The zero-order valence-corrected chi connectivity index (χ0v) is 11.9. The number of amides is 2. The van der Waals surface area contributed by atoms with Gasteiger partial charge in [-0.15, -0.1) is 0 Å². The quantitative estimate of drug-likeness (QED) is 0.863. The lowest BCUT2D eigenvalue weighted by atomic mass is 9.80. The number of nitrogens with zero attached hydrogens (tertiary/aromatic N) is 1. The average Bonchev–Trinajstić information content (AvgIpc) is 2.58.